The van der Waals surface area contributed by atoms with Crippen LogP contribution in [0.5, 0.6) is 0 Å². The van der Waals surface area contributed by atoms with Gasteiger partial charge in [0.2, 0.25) is 0 Å². The maximum absolute atomic E-state index is 2.50. The SMILES string of the molecule is CCCC[C](CCCC)=[Zr]([C]1=CC=CC1)[CH]1c2ccccc2-c2ccccc21. The molecule has 0 amide bonds. The Morgan fingerprint density at radius 1 is 0.857 bits per heavy atom. The van der Waals surface area contributed by atoms with Crippen LogP contribution in [-0.2, 0) is 21.3 Å². The van der Waals surface area contributed by atoms with Crippen LogP contribution in [0.4, 0.5) is 0 Å². The molecule has 2 aliphatic rings. The predicted octanol–water partition coefficient (Wildman–Crippen LogP) is 7.77. The second-order valence-corrected chi connectivity index (χ2v) is 14.9. The van der Waals surface area contributed by atoms with E-state index in [1.807, 2.05) is 6.49 Å². The molecule has 2 aromatic rings. The molecule has 0 fully saturated rings. The number of hydrogen-bond acceptors (Lipinski definition) is 0. The van der Waals surface area contributed by atoms with Crippen LogP contribution in [-0.4, -0.2) is 3.21 Å². The van der Waals surface area contributed by atoms with Crippen LogP contribution in [0.2, 0.25) is 0 Å². The molecule has 0 aromatic heterocycles. The summed E-state index contributed by atoms with van der Waals surface area (Å²) in [4.78, 5) is 0. The van der Waals surface area contributed by atoms with Crippen LogP contribution in [0.25, 0.3) is 11.1 Å². The summed E-state index contributed by atoms with van der Waals surface area (Å²) in [5.41, 5.74) is 6.24. The standard InChI is InChI=1S/C13H9.C9H18.C5H5.Zr/c1-3-7-12-10(5-1)9-11-6-2-4-8-13(11)12;1-3-5-7-9-8-6-4-2;1-2-4-5-3-1;/h1-9H;3-8H2,1-2H3;1-3H,4H2;. The molecular weight excluding hydrogens is 416 g/mol. The van der Waals surface area contributed by atoms with E-state index in [9.17, 15) is 0 Å². The zero-order chi connectivity index (χ0) is 19.3. The van der Waals surface area contributed by atoms with Gasteiger partial charge in [-0.25, -0.2) is 0 Å². The maximum atomic E-state index is 2.50. The topological polar surface area (TPSA) is 0 Å². The van der Waals surface area contributed by atoms with Crippen molar-refractivity contribution < 1.29 is 21.3 Å². The normalized spacial score (nSPS) is 14.7. The fraction of sp³-hybridized carbons (Fsp3) is 0.370. The third-order valence-corrected chi connectivity index (χ3v) is 14.9. The van der Waals surface area contributed by atoms with Crippen LogP contribution in [0.3, 0.4) is 0 Å². The zero-order valence-corrected chi connectivity index (χ0v) is 19.8. The Balaban J connectivity index is 1.90. The van der Waals surface area contributed by atoms with Crippen molar-refractivity contribution in [2.75, 3.05) is 0 Å². The number of rotatable bonds is 8. The molecule has 28 heavy (non-hydrogen) atoms. The van der Waals surface area contributed by atoms with Crippen molar-refractivity contribution in [2.45, 2.75) is 62.4 Å². The third-order valence-electron chi connectivity index (χ3n) is 6.28. The summed E-state index contributed by atoms with van der Waals surface area (Å²) >= 11 is -2.03. The van der Waals surface area contributed by atoms with Gasteiger partial charge in [0.05, 0.1) is 0 Å². The van der Waals surface area contributed by atoms with Crippen molar-refractivity contribution in [3.8, 4) is 11.1 Å². The molecule has 2 aromatic carbocycles. The molecule has 0 spiro atoms. The van der Waals surface area contributed by atoms with Gasteiger partial charge in [-0.3, -0.25) is 0 Å². The second-order valence-electron chi connectivity index (χ2n) is 8.16. The van der Waals surface area contributed by atoms with Gasteiger partial charge in [0.1, 0.15) is 0 Å². The van der Waals surface area contributed by atoms with Gasteiger partial charge in [0, 0.05) is 0 Å². The summed E-state index contributed by atoms with van der Waals surface area (Å²) in [6.45, 7) is 4.69. The Morgan fingerprint density at radius 2 is 1.43 bits per heavy atom. The Morgan fingerprint density at radius 3 is 1.93 bits per heavy atom. The molecule has 0 unspecified atom stereocenters. The molecule has 0 saturated heterocycles. The molecule has 0 saturated carbocycles. The summed E-state index contributed by atoms with van der Waals surface area (Å²) in [7, 11) is 0. The second kappa shape index (κ2) is 9.45. The van der Waals surface area contributed by atoms with Gasteiger partial charge in [0.15, 0.2) is 0 Å². The van der Waals surface area contributed by atoms with Gasteiger partial charge >= 0.3 is 179 Å². The van der Waals surface area contributed by atoms with Crippen LogP contribution in [0.1, 0.15) is 73.5 Å². The molecule has 2 aliphatic carbocycles. The number of hydrogen-bond donors (Lipinski definition) is 0. The van der Waals surface area contributed by atoms with E-state index in [4.69, 9.17) is 0 Å². The summed E-state index contributed by atoms with van der Waals surface area (Å²) in [6.07, 6.45) is 16.5. The quantitative estimate of drug-likeness (QED) is 0.388. The molecule has 0 bridgehead atoms. The fourth-order valence-electron chi connectivity index (χ4n) is 4.90. The molecule has 1 heteroatoms. The Kier molecular flexibility index (Phi) is 6.74. The molecular formula is C27H32Zr. The van der Waals surface area contributed by atoms with Gasteiger partial charge in [-0.2, -0.15) is 0 Å². The number of fused-ring (bicyclic) bond motifs is 3. The molecule has 0 heterocycles. The van der Waals surface area contributed by atoms with Crippen molar-refractivity contribution >= 4 is 3.21 Å². The van der Waals surface area contributed by atoms with Crippen molar-refractivity contribution in [2.24, 2.45) is 0 Å². The summed E-state index contributed by atoms with van der Waals surface area (Å²) in [6, 6.07) is 18.5. The van der Waals surface area contributed by atoms with Gasteiger partial charge in [-0.15, -0.1) is 0 Å². The van der Waals surface area contributed by atoms with Crippen molar-refractivity contribution in [3.63, 3.8) is 0 Å². The molecule has 4 rings (SSSR count). The van der Waals surface area contributed by atoms with Crippen LogP contribution >= 0.6 is 0 Å². The first-order valence-electron chi connectivity index (χ1n) is 11.1. The molecule has 0 atom stereocenters. The minimum absolute atomic E-state index is 0.671. The van der Waals surface area contributed by atoms with E-state index < -0.39 is 21.3 Å². The minimum atomic E-state index is -2.03. The number of unbranched alkanes of at least 4 members (excludes halogenated alkanes) is 2. The Bertz CT molecular complexity index is 873. The fourth-order valence-corrected chi connectivity index (χ4v) is 14.4. The van der Waals surface area contributed by atoms with Crippen molar-refractivity contribution in [1.82, 2.24) is 0 Å². The predicted molar refractivity (Wildman–Crippen MR) is 120 cm³/mol. The Labute approximate surface area is 178 Å². The van der Waals surface area contributed by atoms with E-state index in [1.54, 1.807) is 11.1 Å². The average molecular weight is 448 g/mol. The summed E-state index contributed by atoms with van der Waals surface area (Å²) in [5.74, 6) is 0. The van der Waals surface area contributed by atoms with E-state index in [2.05, 4.69) is 80.6 Å². The number of benzene rings is 2. The van der Waals surface area contributed by atoms with Crippen LogP contribution in [0.15, 0.2) is 70.0 Å². The van der Waals surface area contributed by atoms with E-state index in [-0.39, 0.29) is 0 Å². The summed E-state index contributed by atoms with van der Waals surface area (Å²) < 4.78 is 4.48. The average Bonchev–Trinajstić information content (AvgIpc) is 3.37. The van der Waals surface area contributed by atoms with Crippen LogP contribution < -0.4 is 0 Å². The first kappa shape index (κ1) is 20.0. The first-order chi connectivity index (χ1) is 13.8. The van der Waals surface area contributed by atoms with E-state index in [0.717, 1.165) is 0 Å². The third kappa shape index (κ3) is 3.88. The van der Waals surface area contributed by atoms with Gasteiger partial charge < -0.3 is 0 Å². The van der Waals surface area contributed by atoms with Crippen molar-refractivity contribution in [3.05, 3.63) is 81.2 Å². The zero-order valence-electron chi connectivity index (χ0n) is 17.4. The molecule has 144 valence electrons. The van der Waals surface area contributed by atoms with Crippen molar-refractivity contribution in [1.29, 1.82) is 0 Å². The van der Waals surface area contributed by atoms with Gasteiger partial charge in [-0.1, -0.05) is 0 Å². The molecule has 0 aliphatic heterocycles. The van der Waals surface area contributed by atoms with Crippen LogP contribution in [0, 0.1) is 0 Å². The van der Waals surface area contributed by atoms with E-state index in [0.29, 0.717) is 3.63 Å². The Hall–Kier alpha value is -1.33. The molecule has 0 N–H and O–H groups in total. The van der Waals surface area contributed by atoms with Gasteiger partial charge in [-0.05, 0) is 0 Å². The summed E-state index contributed by atoms with van der Waals surface area (Å²) in [5, 5.41) is 0. The van der Waals surface area contributed by atoms with Gasteiger partial charge in [0.25, 0.3) is 0 Å². The van der Waals surface area contributed by atoms with E-state index >= 15 is 0 Å². The number of allylic oxidation sites excluding steroid dienone is 4. The first-order valence-corrected chi connectivity index (χ1v) is 15.0. The molecule has 0 nitrogen and oxygen atoms in total. The monoisotopic (exact) mass is 446 g/mol. The molecule has 0 radical (unpaired) electrons. The van der Waals surface area contributed by atoms with E-state index in [1.165, 1.54) is 56.1 Å².